The Morgan fingerprint density at radius 2 is 2.33 bits per heavy atom. The summed E-state index contributed by atoms with van der Waals surface area (Å²) in [5.41, 5.74) is 0.962. The summed E-state index contributed by atoms with van der Waals surface area (Å²) in [6.45, 7) is 0.645. The summed E-state index contributed by atoms with van der Waals surface area (Å²) in [4.78, 5) is 10.1. The van der Waals surface area contributed by atoms with Crippen LogP contribution in [0.1, 0.15) is 24.5 Å². The van der Waals surface area contributed by atoms with Gasteiger partial charge < -0.3 is 9.84 Å². The molecule has 4 heteroatoms. The topological polar surface area (TPSA) is 47.9 Å². The minimum Gasteiger partial charge on any atom is -0.504 e. The first-order valence-electron chi connectivity index (χ1n) is 4.96. The van der Waals surface area contributed by atoms with Crippen LogP contribution in [0.2, 0.25) is 0 Å². The highest BCUT2D eigenvalue weighted by Gasteiger charge is 2.18. The molecule has 0 radical (unpaired) electrons. The molecule has 82 valence electrons. The number of methoxy groups -OCH3 is 1. The summed E-state index contributed by atoms with van der Waals surface area (Å²) in [5, 5.41) is 9.44. The molecule has 4 nitrogen and oxygen atoms in total. The first-order valence-corrected chi connectivity index (χ1v) is 4.96. The van der Waals surface area contributed by atoms with E-state index in [0.29, 0.717) is 12.4 Å². The van der Waals surface area contributed by atoms with E-state index in [9.17, 15) is 5.11 Å². The SMILES string of the molecule is COc1cc(C2CCCOO2)ccc1O. The third-order valence-electron chi connectivity index (χ3n) is 2.45. The third kappa shape index (κ3) is 2.22. The molecule has 1 fully saturated rings. The molecule has 0 saturated carbocycles. The van der Waals surface area contributed by atoms with Crippen molar-refractivity contribution >= 4 is 0 Å². The van der Waals surface area contributed by atoms with Crippen molar-refractivity contribution in [2.45, 2.75) is 18.9 Å². The first kappa shape index (κ1) is 10.3. The number of aromatic hydroxyl groups is 1. The van der Waals surface area contributed by atoms with E-state index in [1.165, 1.54) is 7.11 Å². The predicted octanol–water partition coefficient (Wildman–Crippen LogP) is 2.18. The molecule has 1 aromatic rings. The van der Waals surface area contributed by atoms with Gasteiger partial charge in [0.1, 0.15) is 6.10 Å². The van der Waals surface area contributed by atoms with Gasteiger partial charge in [-0.1, -0.05) is 6.07 Å². The van der Waals surface area contributed by atoms with E-state index in [4.69, 9.17) is 14.5 Å². The van der Waals surface area contributed by atoms with Gasteiger partial charge in [0.15, 0.2) is 11.5 Å². The van der Waals surface area contributed by atoms with Crippen LogP contribution in [0.15, 0.2) is 18.2 Å². The van der Waals surface area contributed by atoms with Crippen molar-refractivity contribution in [3.05, 3.63) is 23.8 Å². The van der Waals surface area contributed by atoms with Crippen molar-refractivity contribution in [2.24, 2.45) is 0 Å². The highest BCUT2D eigenvalue weighted by molar-refractivity contribution is 5.42. The number of rotatable bonds is 2. The number of hydrogen-bond donors (Lipinski definition) is 1. The van der Waals surface area contributed by atoms with Crippen molar-refractivity contribution in [2.75, 3.05) is 13.7 Å². The van der Waals surface area contributed by atoms with E-state index in [-0.39, 0.29) is 11.9 Å². The van der Waals surface area contributed by atoms with Crippen LogP contribution >= 0.6 is 0 Å². The zero-order chi connectivity index (χ0) is 10.7. The molecule has 2 rings (SSSR count). The molecule has 1 heterocycles. The molecule has 0 bridgehead atoms. The molecule has 1 N–H and O–H groups in total. The fourth-order valence-corrected chi connectivity index (χ4v) is 1.62. The summed E-state index contributed by atoms with van der Waals surface area (Å²) >= 11 is 0. The molecular formula is C11H14O4. The monoisotopic (exact) mass is 210 g/mol. The van der Waals surface area contributed by atoms with Crippen LogP contribution in [0.4, 0.5) is 0 Å². The molecule has 1 aliphatic rings. The normalized spacial score (nSPS) is 21.3. The molecule has 1 aliphatic heterocycles. The number of phenolic OH excluding ortho intramolecular Hbond substituents is 1. The number of hydrogen-bond acceptors (Lipinski definition) is 4. The Hall–Kier alpha value is -1.26. The van der Waals surface area contributed by atoms with Crippen molar-refractivity contribution in [3.63, 3.8) is 0 Å². The minimum absolute atomic E-state index is 0.0618. The van der Waals surface area contributed by atoms with E-state index in [1.54, 1.807) is 12.1 Å². The summed E-state index contributed by atoms with van der Waals surface area (Å²) < 4.78 is 5.03. The Kier molecular flexibility index (Phi) is 3.08. The zero-order valence-corrected chi connectivity index (χ0v) is 8.60. The Morgan fingerprint density at radius 1 is 1.47 bits per heavy atom. The quantitative estimate of drug-likeness (QED) is 0.760. The fourth-order valence-electron chi connectivity index (χ4n) is 1.62. The Labute approximate surface area is 88.3 Å². The van der Waals surface area contributed by atoms with E-state index < -0.39 is 0 Å². The average molecular weight is 210 g/mol. The lowest BCUT2D eigenvalue weighted by molar-refractivity contribution is -0.348. The van der Waals surface area contributed by atoms with Crippen LogP contribution in [0.25, 0.3) is 0 Å². The summed E-state index contributed by atoms with van der Waals surface area (Å²) in [5.74, 6) is 0.597. The predicted molar refractivity (Wildman–Crippen MR) is 53.7 cm³/mol. The summed E-state index contributed by atoms with van der Waals surface area (Å²) in [7, 11) is 1.52. The van der Waals surface area contributed by atoms with E-state index in [2.05, 4.69) is 0 Å². The highest BCUT2D eigenvalue weighted by Crippen LogP contribution is 2.33. The van der Waals surface area contributed by atoms with Gasteiger partial charge in [-0.25, -0.2) is 9.78 Å². The maximum Gasteiger partial charge on any atom is 0.160 e. The summed E-state index contributed by atoms with van der Waals surface area (Å²) in [6, 6.07) is 5.19. The highest BCUT2D eigenvalue weighted by atomic mass is 17.2. The molecule has 0 spiro atoms. The Morgan fingerprint density at radius 3 is 3.00 bits per heavy atom. The minimum atomic E-state index is -0.0618. The number of benzene rings is 1. The molecule has 0 aliphatic carbocycles. The van der Waals surface area contributed by atoms with Crippen molar-refractivity contribution < 1.29 is 19.6 Å². The van der Waals surface area contributed by atoms with E-state index in [1.807, 2.05) is 6.07 Å². The maximum absolute atomic E-state index is 9.44. The fraction of sp³-hybridized carbons (Fsp3) is 0.455. The smallest absolute Gasteiger partial charge is 0.160 e. The van der Waals surface area contributed by atoms with Crippen molar-refractivity contribution in [3.8, 4) is 11.5 Å². The lowest BCUT2D eigenvalue weighted by Crippen LogP contribution is -2.13. The van der Waals surface area contributed by atoms with Gasteiger partial charge in [-0.2, -0.15) is 0 Å². The van der Waals surface area contributed by atoms with Crippen LogP contribution in [0.5, 0.6) is 11.5 Å². The van der Waals surface area contributed by atoms with Gasteiger partial charge >= 0.3 is 0 Å². The lowest BCUT2D eigenvalue weighted by atomic mass is 10.0. The molecule has 1 atom stereocenters. The lowest BCUT2D eigenvalue weighted by Gasteiger charge is -2.21. The molecule has 15 heavy (non-hydrogen) atoms. The van der Waals surface area contributed by atoms with Crippen molar-refractivity contribution in [1.29, 1.82) is 0 Å². The second kappa shape index (κ2) is 4.51. The Bertz CT molecular complexity index is 331. The first-order chi connectivity index (χ1) is 7.31. The largest absolute Gasteiger partial charge is 0.504 e. The molecule has 0 amide bonds. The number of ether oxygens (including phenoxy) is 1. The van der Waals surface area contributed by atoms with Crippen LogP contribution in [-0.4, -0.2) is 18.8 Å². The second-order valence-corrected chi connectivity index (χ2v) is 3.48. The average Bonchev–Trinajstić information content (AvgIpc) is 2.31. The van der Waals surface area contributed by atoms with Crippen LogP contribution in [0, 0.1) is 0 Å². The Balaban J connectivity index is 2.20. The van der Waals surface area contributed by atoms with Gasteiger partial charge in [-0.05, 0) is 30.5 Å². The third-order valence-corrected chi connectivity index (χ3v) is 2.45. The molecule has 1 aromatic carbocycles. The zero-order valence-electron chi connectivity index (χ0n) is 8.60. The second-order valence-electron chi connectivity index (χ2n) is 3.48. The maximum atomic E-state index is 9.44. The summed E-state index contributed by atoms with van der Waals surface area (Å²) in [6.07, 6.45) is 1.84. The van der Waals surface area contributed by atoms with E-state index in [0.717, 1.165) is 18.4 Å². The van der Waals surface area contributed by atoms with Gasteiger partial charge in [0, 0.05) is 0 Å². The van der Waals surface area contributed by atoms with Gasteiger partial charge in [0.25, 0.3) is 0 Å². The van der Waals surface area contributed by atoms with Crippen LogP contribution in [-0.2, 0) is 9.78 Å². The standard InChI is InChI=1S/C11H14O4/c1-13-11-7-8(4-5-9(11)12)10-3-2-6-14-15-10/h4-5,7,10,12H,2-3,6H2,1H3. The van der Waals surface area contributed by atoms with Crippen LogP contribution < -0.4 is 4.74 Å². The molecule has 0 aromatic heterocycles. The van der Waals surface area contributed by atoms with Gasteiger partial charge in [0.05, 0.1) is 13.7 Å². The molecular weight excluding hydrogens is 196 g/mol. The van der Waals surface area contributed by atoms with Gasteiger partial charge in [-0.3, -0.25) is 0 Å². The number of phenols is 1. The van der Waals surface area contributed by atoms with Crippen LogP contribution in [0.3, 0.4) is 0 Å². The molecule has 1 saturated heterocycles. The molecule has 1 unspecified atom stereocenters. The van der Waals surface area contributed by atoms with E-state index >= 15 is 0 Å². The van der Waals surface area contributed by atoms with Gasteiger partial charge in [0.2, 0.25) is 0 Å². The van der Waals surface area contributed by atoms with Gasteiger partial charge in [-0.15, -0.1) is 0 Å². The van der Waals surface area contributed by atoms with Crippen molar-refractivity contribution in [1.82, 2.24) is 0 Å².